The third-order valence-electron chi connectivity index (χ3n) is 3.38. The minimum absolute atomic E-state index is 0.00551. The molecule has 1 aromatic carbocycles. The van der Waals surface area contributed by atoms with E-state index in [-0.39, 0.29) is 5.91 Å². The molecule has 0 spiro atoms. The Labute approximate surface area is 103 Å². The minimum Gasteiger partial charge on any atom is -0.285 e. The number of carbonyl (C=O) groups excluding carboxylic acids is 1. The van der Waals surface area contributed by atoms with Crippen LogP contribution in [0.2, 0.25) is 0 Å². The lowest BCUT2D eigenvalue weighted by Gasteiger charge is -2.35. The van der Waals surface area contributed by atoms with Crippen LogP contribution in [0.3, 0.4) is 0 Å². The molecule has 17 heavy (non-hydrogen) atoms. The van der Waals surface area contributed by atoms with Crippen molar-refractivity contribution in [3.8, 4) is 0 Å². The van der Waals surface area contributed by atoms with Crippen molar-refractivity contribution in [1.82, 2.24) is 10.4 Å². The Balaban J connectivity index is 1.98. The molecular formula is C14H20N2O. The van der Waals surface area contributed by atoms with E-state index < -0.39 is 0 Å². The monoisotopic (exact) mass is 232 g/mol. The molecule has 1 fully saturated rings. The number of carbonyl (C=O) groups is 1. The zero-order valence-corrected chi connectivity index (χ0v) is 10.4. The highest BCUT2D eigenvalue weighted by Gasteiger charge is 2.22. The molecule has 1 aliphatic rings. The SMILES string of the molecule is CCC1CCCCN1NC(=O)c1ccccc1. The van der Waals surface area contributed by atoms with Crippen molar-refractivity contribution >= 4 is 5.91 Å². The van der Waals surface area contributed by atoms with Crippen LogP contribution in [-0.4, -0.2) is 23.5 Å². The van der Waals surface area contributed by atoms with Gasteiger partial charge in [-0.1, -0.05) is 31.5 Å². The van der Waals surface area contributed by atoms with Crippen molar-refractivity contribution in [2.45, 2.75) is 38.6 Å². The van der Waals surface area contributed by atoms with Gasteiger partial charge in [0, 0.05) is 18.2 Å². The number of benzene rings is 1. The molecule has 3 nitrogen and oxygen atoms in total. The van der Waals surface area contributed by atoms with Gasteiger partial charge in [0.2, 0.25) is 0 Å². The van der Waals surface area contributed by atoms with Gasteiger partial charge in [-0.25, -0.2) is 5.01 Å². The van der Waals surface area contributed by atoms with Gasteiger partial charge in [0.05, 0.1) is 0 Å². The maximum absolute atomic E-state index is 12.0. The lowest BCUT2D eigenvalue weighted by Crippen LogP contribution is -2.50. The number of rotatable bonds is 3. The van der Waals surface area contributed by atoms with Crippen molar-refractivity contribution in [2.24, 2.45) is 0 Å². The third-order valence-corrected chi connectivity index (χ3v) is 3.38. The van der Waals surface area contributed by atoms with E-state index in [2.05, 4.69) is 17.4 Å². The van der Waals surface area contributed by atoms with Gasteiger partial charge in [-0.15, -0.1) is 0 Å². The highest BCUT2D eigenvalue weighted by atomic mass is 16.2. The first-order valence-electron chi connectivity index (χ1n) is 6.44. The van der Waals surface area contributed by atoms with Crippen LogP contribution in [0, 0.1) is 0 Å². The van der Waals surface area contributed by atoms with E-state index in [1.807, 2.05) is 30.3 Å². The summed E-state index contributed by atoms with van der Waals surface area (Å²) in [5.41, 5.74) is 3.76. The second-order valence-electron chi connectivity index (χ2n) is 4.56. The largest absolute Gasteiger partial charge is 0.285 e. The number of amides is 1. The zero-order chi connectivity index (χ0) is 12.1. The van der Waals surface area contributed by atoms with Gasteiger partial charge in [0.15, 0.2) is 0 Å². The summed E-state index contributed by atoms with van der Waals surface area (Å²) < 4.78 is 0. The van der Waals surface area contributed by atoms with Gasteiger partial charge < -0.3 is 0 Å². The van der Waals surface area contributed by atoms with Gasteiger partial charge in [-0.2, -0.15) is 0 Å². The fraction of sp³-hybridized carbons (Fsp3) is 0.500. The molecule has 0 bridgehead atoms. The van der Waals surface area contributed by atoms with Crippen LogP contribution in [0.1, 0.15) is 43.0 Å². The van der Waals surface area contributed by atoms with Gasteiger partial charge in [-0.05, 0) is 31.4 Å². The molecule has 1 amide bonds. The van der Waals surface area contributed by atoms with E-state index in [0.717, 1.165) is 18.5 Å². The molecule has 1 heterocycles. The number of hydrogen-bond acceptors (Lipinski definition) is 2. The van der Waals surface area contributed by atoms with Crippen molar-refractivity contribution in [3.63, 3.8) is 0 Å². The van der Waals surface area contributed by atoms with Crippen molar-refractivity contribution < 1.29 is 4.79 Å². The first-order chi connectivity index (χ1) is 8.31. The van der Waals surface area contributed by atoms with Gasteiger partial charge >= 0.3 is 0 Å². The first kappa shape index (κ1) is 12.1. The second kappa shape index (κ2) is 5.82. The summed E-state index contributed by atoms with van der Waals surface area (Å²) >= 11 is 0. The van der Waals surface area contributed by atoms with Crippen molar-refractivity contribution in [2.75, 3.05) is 6.54 Å². The quantitative estimate of drug-likeness (QED) is 0.868. The van der Waals surface area contributed by atoms with E-state index in [1.165, 1.54) is 19.3 Å². The molecular weight excluding hydrogens is 212 g/mol. The Morgan fingerprint density at radius 3 is 2.82 bits per heavy atom. The smallest absolute Gasteiger partial charge is 0.265 e. The molecule has 1 saturated heterocycles. The molecule has 1 aromatic rings. The lowest BCUT2D eigenvalue weighted by atomic mass is 10.0. The van der Waals surface area contributed by atoms with Crippen LogP contribution in [0.5, 0.6) is 0 Å². The maximum Gasteiger partial charge on any atom is 0.265 e. The summed E-state index contributed by atoms with van der Waals surface area (Å²) in [6.45, 7) is 3.15. The molecule has 0 radical (unpaired) electrons. The average molecular weight is 232 g/mol. The standard InChI is InChI=1S/C14H20N2O/c1-2-13-10-6-7-11-16(13)15-14(17)12-8-4-3-5-9-12/h3-5,8-9,13H,2,6-7,10-11H2,1H3,(H,15,17). The van der Waals surface area contributed by atoms with E-state index in [1.54, 1.807) is 0 Å². The Kier molecular flexibility index (Phi) is 4.15. The molecule has 1 unspecified atom stereocenters. The first-order valence-corrected chi connectivity index (χ1v) is 6.44. The molecule has 1 N–H and O–H groups in total. The summed E-state index contributed by atoms with van der Waals surface area (Å²) in [4.78, 5) is 12.0. The van der Waals surface area contributed by atoms with Gasteiger partial charge in [0.1, 0.15) is 0 Å². The lowest BCUT2D eigenvalue weighted by molar-refractivity contribution is 0.0564. The molecule has 1 aliphatic heterocycles. The summed E-state index contributed by atoms with van der Waals surface area (Å²) in [6, 6.07) is 9.90. The summed E-state index contributed by atoms with van der Waals surface area (Å²) in [7, 11) is 0. The van der Waals surface area contributed by atoms with Gasteiger partial charge in [-0.3, -0.25) is 10.2 Å². The second-order valence-corrected chi connectivity index (χ2v) is 4.56. The summed E-state index contributed by atoms with van der Waals surface area (Å²) in [5.74, 6) is 0.00551. The normalized spacial score (nSPS) is 21.1. The van der Waals surface area contributed by atoms with Crippen LogP contribution in [-0.2, 0) is 0 Å². The molecule has 0 aromatic heterocycles. The molecule has 0 aliphatic carbocycles. The molecule has 92 valence electrons. The highest BCUT2D eigenvalue weighted by Crippen LogP contribution is 2.17. The third kappa shape index (κ3) is 3.07. The number of nitrogens with zero attached hydrogens (tertiary/aromatic N) is 1. The van der Waals surface area contributed by atoms with Crippen LogP contribution in [0.15, 0.2) is 30.3 Å². The Bertz CT molecular complexity index is 364. The van der Waals surface area contributed by atoms with Crippen molar-refractivity contribution in [1.29, 1.82) is 0 Å². The Hall–Kier alpha value is -1.35. The number of nitrogens with one attached hydrogen (secondary N) is 1. The van der Waals surface area contributed by atoms with E-state index >= 15 is 0 Å². The summed E-state index contributed by atoms with van der Waals surface area (Å²) in [5, 5.41) is 2.11. The Morgan fingerprint density at radius 2 is 2.12 bits per heavy atom. The molecule has 2 rings (SSSR count). The fourth-order valence-electron chi connectivity index (χ4n) is 2.36. The average Bonchev–Trinajstić information content (AvgIpc) is 2.40. The van der Waals surface area contributed by atoms with E-state index in [0.29, 0.717) is 6.04 Å². The van der Waals surface area contributed by atoms with Crippen molar-refractivity contribution in [3.05, 3.63) is 35.9 Å². The minimum atomic E-state index is 0.00551. The number of hydrogen-bond donors (Lipinski definition) is 1. The predicted molar refractivity (Wildman–Crippen MR) is 68.5 cm³/mol. The Morgan fingerprint density at radius 1 is 1.35 bits per heavy atom. The van der Waals surface area contributed by atoms with E-state index in [9.17, 15) is 4.79 Å². The number of hydrazine groups is 1. The molecule has 3 heteroatoms. The topological polar surface area (TPSA) is 32.3 Å². The fourth-order valence-corrected chi connectivity index (χ4v) is 2.36. The molecule has 0 saturated carbocycles. The van der Waals surface area contributed by atoms with Gasteiger partial charge in [0.25, 0.3) is 5.91 Å². The van der Waals surface area contributed by atoms with Crippen LogP contribution >= 0.6 is 0 Å². The molecule has 1 atom stereocenters. The zero-order valence-electron chi connectivity index (χ0n) is 10.4. The highest BCUT2D eigenvalue weighted by molar-refractivity contribution is 5.93. The summed E-state index contributed by atoms with van der Waals surface area (Å²) in [6.07, 6.45) is 4.72. The van der Waals surface area contributed by atoms with Crippen LogP contribution in [0.25, 0.3) is 0 Å². The maximum atomic E-state index is 12.0. The van der Waals surface area contributed by atoms with Crippen LogP contribution < -0.4 is 5.43 Å². The number of piperidine rings is 1. The van der Waals surface area contributed by atoms with E-state index in [4.69, 9.17) is 0 Å². The predicted octanol–water partition coefficient (Wildman–Crippen LogP) is 2.60. The van der Waals surface area contributed by atoms with Crippen LogP contribution in [0.4, 0.5) is 0 Å².